The standard InChI is InChI=1S/C14H12BrNO4S/c1-9-8-11(4-7-13(9)14(17)18)16-21(19,20)12-5-2-10(15)3-6-12/h2-8,16H,1H3,(H,17,18). The fourth-order valence-corrected chi connectivity index (χ4v) is 3.11. The third-order valence-electron chi connectivity index (χ3n) is 2.83. The molecule has 0 unspecified atom stereocenters. The molecule has 2 aromatic rings. The Labute approximate surface area is 130 Å². The molecule has 110 valence electrons. The Hall–Kier alpha value is -1.86. The highest BCUT2D eigenvalue weighted by Crippen LogP contribution is 2.20. The highest BCUT2D eigenvalue weighted by atomic mass is 79.9. The SMILES string of the molecule is Cc1cc(NS(=O)(=O)c2ccc(Br)cc2)ccc1C(=O)O. The molecule has 0 saturated heterocycles. The van der Waals surface area contributed by atoms with Crippen molar-refractivity contribution in [3.63, 3.8) is 0 Å². The molecule has 2 N–H and O–H groups in total. The molecule has 2 rings (SSSR count). The second-order valence-electron chi connectivity index (χ2n) is 4.39. The van der Waals surface area contributed by atoms with Crippen LogP contribution in [-0.4, -0.2) is 19.5 Å². The number of hydrogen-bond donors (Lipinski definition) is 2. The van der Waals surface area contributed by atoms with Gasteiger partial charge < -0.3 is 5.11 Å². The lowest BCUT2D eigenvalue weighted by molar-refractivity contribution is 0.0696. The van der Waals surface area contributed by atoms with Crippen LogP contribution in [0.5, 0.6) is 0 Å². The zero-order valence-electron chi connectivity index (χ0n) is 11.0. The van der Waals surface area contributed by atoms with Gasteiger partial charge in [-0.2, -0.15) is 0 Å². The van der Waals surface area contributed by atoms with Crippen molar-refractivity contribution >= 4 is 37.6 Å². The molecule has 7 heteroatoms. The first-order valence-electron chi connectivity index (χ1n) is 5.92. The van der Waals surface area contributed by atoms with E-state index in [0.717, 1.165) is 4.47 Å². The van der Waals surface area contributed by atoms with Gasteiger partial charge in [0.05, 0.1) is 10.5 Å². The molecule has 0 aliphatic rings. The van der Waals surface area contributed by atoms with Crippen LogP contribution >= 0.6 is 15.9 Å². The molecule has 0 aliphatic heterocycles. The van der Waals surface area contributed by atoms with Crippen molar-refractivity contribution in [1.29, 1.82) is 0 Å². The zero-order chi connectivity index (χ0) is 15.6. The largest absolute Gasteiger partial charge is 0.478 e. The minimum atomic E-state index is -3.70. The van der Waals surface area contributed by atoms with Crippen LogP contribution < -0.4 is 4.72 Å². The van der Waals surface area contributed by atoms with Gasteiger partial charge in [0.25, 0.3) is 10.0 Å². The van der Waals surface area contributed by atoms with Gasteiger partial charge in [0.2, 0.25) is 0 Å². The number of hydrogen-bond acceptors (Lipinski definition) is 3. The maximum atomic E-state index is 12.2. The number of nitrogens with one attached hydrogen (secondary N) is 1. The van der Waals surface area contributed by atoms with Crippen molar-refractivity contribution in [2.24, 2.45) is 0 Å². The first-order valence-corrected chi connectivity index (χ1v) is 8.19. The molecular formula is C14H12BrNO4S. The van der Waals surface area contributed by atoms with E-state index in [1.165, 1.54) is 30.3 Å². The molecular weight excluding hydrogens is 358 g/mol. The first kappa shape index (κ1) is 15.5. The van der Waals surface area contributed by atoms with Crippen LogP contribution in [0.2, 0.25) is 0 Å². The summed E-state index contributed by atoms with van der Waals surface area (Å²) in [6.45, 7) is 1.61. The fraction of sp³-hybridized carbons (Fsp3) is 0.0714. The molecule has 0 bridgehead atoms. The van der Waals surface area contributed by atoms with Gasteiger partial charge in [-0.1, -0.05) is 15.9 Å². The molecule has 0 aromatic heterocycles. The maximum Gasteiger partial charge on any atom is 0.335 e. The predicted molar refractivity (Wildman–Crippen MR) is 83.1 cm³/mol. The summed E-state index contributed by atoms with van der Waals surface area (Å²) < 4.78 is 27.6. The number of aromatic carboxylic acids is 1. The van der Waals surface area contributed by atoms with E-state index in [-0.39, 0.29) is 10.5 Å². The molecule has 5 nitrogen and oxygen atoms in total. The smallest absolute Gasteiger partial charge is 0.335 e. The van der Waals surface area contributed by atoms with Crippen molar-refractivity contribution in [2.75, 3.05) is 4.72 Å². The Morgan fingerprint density at radius 1 is 1.14 bits per heavy atom. The van der Waals surface area contributed by atoms with E-state index in [0.29, 0.717) is 11.3 Å². The average molecular weight is 370 g/mol. The van der Waals surface area contributed by atoms with E-state index in [1.54, 1.807) is 19.1 Å². The summed E-state index contributed by atoms with van der Waals surface area (Å²) in [5.41, 5.74) is 0.945. The number of anilines is 1. The molecule has 21 heavy (non-hydrogen) atoms. The van der Waals surface area contributed by atoms with Crippen molar-refractivity contribution in [1.82, 2.24) is 0 Å². The number of aryl methyl sites for hydroxylation is 1. The summed E-state index contributed by atoms with van der Waals surface area (Å²) in [4.78, 5) is 11.1. The monoisotopic (exact) mass is 369 g/mol. The molecule has 0 radical (unpaired) electrons. The first-order chi connectivity index (χ1) is 9.79. The quantitative estimate of drug-likeness (QED) is 0.866. The van der Waals surface area contributed by atoms with Crippen LogP contribution in [0.25, 0.3) is 0 Å². The van der Waals surface area contributed by atoms with E-state index in [4.69, 9.17) is 5.11 Å². The Morgan fingerprint density at radius 2 is 1.76 bits per heavy atom. The molecule has 0 fully saturated rings. The predicted octanol–water partition coefficient (Wildman–Crippen LogP) is 3.26. The van der Waals surface area contributed by atoms with E-state index in [2.05, 4.69) is 20.7 Å². The minimum Gasteiger partial charge on any atom is -0.478 e. The van der Waals surface area contributed by atoms with Gasteiger partial charge >= 0.3 is 5.97 Å². The normalized spacial score (nSPS) is 11.1. The van der Waals surface area contributed by atoms with E-state index in [1.807, 2.05) is 0 Å². The van der Waals surface area contributed by atoms with Gasteiger partial charge in [-0.25, -0.2) is 13.2 Å². The maximum absolute atomic E-state index is 12.2. The number of carboxylic acids is 1. The van der Waals surface area contributed by atoms with Crippen molar-refractivity contribution in [3.8, 4) is 0 Å². The highest BCUT2D eigenvalue weighted by molar-refractivity contribution is 9.10. The van der Waals surface area contributed by atoms with E-state index >= 15 is 0 Å². The summed E-state index contributed by atoms with van der Waals surface area (Å²) in [6, 6.07) is 10.5. The summed E-state index contributed by atoms with van der Waals surface area (Å²) in [5.74, 6) is -1.05. The van der Waals surface area contributed by atoms with Gasteiger partial charge in [0, 0.05) is 10.2 Å². The van der Waals surface area contributed by atoms with E-state index in [9.17, 15) is 13.2 Å². The lowest BCUT2D eigenvalue weighted by atomic mass is 10.1. The summed E-state index contributed by atoms with van der Waals surface area (Å²) in [7, 11) is -3.70. The van der Waals surface area contributed by atoms with E-state index < -0.39 is 16.0 Å². The van der Waals surface area contributed by atoms with Crippen LogP contribution in [0.4, 0.5) is 5.69 Å². The average Bonchev–Trinajstić information content (AvgIpc) is 2.38. The molecule has 0 aliphatic carbocycles. The topological polar surface area (TPSA) is 83.5 Å². The van der Waals surface area contributed by atoms with Crippen LogP contribution in [0, 0.1) is 6.92 Å². The van der Waals surface area contributed by atoms with Gasteiger partial charge in [-0.05, 0) is 55.0 Å². The number of sulfonamides is 1. The minimum absolute atomic E-state index is 0.130. The second kappa shape index (κ2) is 5.87. The molecule has 0 atom stereocenters. The number of carbonyl (C=O) groups is 1. The van der Waals surface area contributed by atoms with Crippen LogP contribution in [-0.2, 0) is 10.0 Å². The summed E-state index contributed by atoms with van der Waals surface area (Å²) in [5, 5.41) is 8.95. The van der Waals surface area contributed by atoms with Gasteiger partial charge in [0.15, 0.2) is 0 Å². The van der Waals surface area contributed by atoms with Gasteiger partial charge in [-0.3, -0.25) is 4.72 Å². The molecule has 0 saturated carbocycles. The van der Waals surface area contributed by atoms with Crippen LogP contribution in [0.3, 0.4) is 0 Å². The third-order valence-corrected chi connectivity index (χ3v) is 4.76. The van der Waals surface area contributed by atoms with Crippen molar-refractivity contribution in [2.45, 2.75) is 11.8 Å². The highest BCUT2D eigenvalue weighted by Gasteiger charge is 2.15. The number of rotatable bonds is 4. The Bertz CT molecular complexity index is 785. The Morgan fingerprint density at radius 3 is 2.29 bits per heavy atom. The fourth-order valence-electron chi connectivity index (χ4n) is 1.79. The molecule has 2 aromatic carbocycles. The van der Waals surface area contributed by atoms with Gasteiger partial charge in [-0.15, -0.1) is 0 Å². The Balaban J connectivity index is 2.31. The summed E-state index contributed by atoms with van der Waals surface area (Å²) in [6.07, 6.45) is 0. The zero-order valence-corrected chi connectivity index (χ0v) is 13.4. The number of carboxylic acid groups (broad SMARTS) is 1. The molecule has 0 amide bonds. The van der Waals surface area contributed by atoms with Crippen molar-refractivity contribution in [3.05, 3.63) is 58.1 Å². The second-order valence-corrected chi connectivity index (χ2v) is 6.99. The molecule has 0 heterocycles. The van der Waals surface area contributed by atoms with Crippen LogP contribution in [0.15, 0.2) is 51.8 Å². The third kappa shape index (κ3) is 3.62. The van der Waals surface area contributed by atoms with Gasteiger partial charge in [0.1, 0.15) is 0 Å². The Kier molecular flexibility index (Phi) is 4.34. The number of benzene rings is 2. The summed E-state index contributed by atoms with van der Waals surface area (Å²) >= 11 is 3.24. The van der Waals surface area contributed by atoms with Crippen molar-refractivity contribution < 1.29 is 18.3 Å². The lowest BCUT2D eigenvalue weighted by Crippen LogP contribution is -2.13. The van der Waals surface area contributed by atoms with Crippen LogP contribution in [0.1, 0.15) is 15.9 Å². The number of halogens is 1. The molecule has 0 spiro atoms. The lowest BCUT2D eigenvalue weighted by Gasteiger charge is -2.10.